The largest absolute Gasteiger partial charge is 0.310 e. The highest BCUT2D eigenvalue weighted by molar-refractivity contribution is 6.07. The normalized spacial score (nSPS) is 15.9. The fraction of sp³-hybridized carbons (Fsp3) is 0.217. The second-order valence-corrected chi connectivity index (χ2v) is 7.21. The lowest BCUT2D eigenvalue weighted by molar-refractivity contribution is 0.0974. The van der Waals surface area contributed by atoms with Crippen LogP contribution >= 0.6 is 0 Å². The number of nitrogens with zero attached hydrogens (tertiary/aromatic N) is 2. The van der Waals surface area contributed by atoms with Crippen molar-refractivity contribution in [3.05, 3.63) is 99.7 Å². The summed E-state index contributed by atoms with van der Waals surface area (Å²) < 4.78 is 15.2. The van der Waals surface area contributed by atoms with Crippen molar-refractivity contribution in [3.63, 3.8) is 0 Å². The summed E-state index contributed by atoms with van der Waals surface area (Å²) in [7, 11) is 0. The Hall–Kier alpha value is -3.21. The third kappa shape index (κ3) is 3.48. The first-order valence-corrected chi connectivity index (χ1v) is 9.39. The molecule has 1 aromatic heterocycles. The van der Waals surface area contributed by atoms with Gasteiger partial charge in [-0.2, -0.15) is 0 Å². The highest BCUT2D eigenvalue weighted by Crippen LogP contribution is 2.32. The van der Waals surface area contributed by atoms with E-state index in [-0.39, 0.29) is 23.3 Å². The molecule has 28 heavy (non-hydrogen) atoms. The van der Waals surface area contributed by atoms with Crippen molar-refractivity contribution >= 4 is 11.6 Å². The Balaban J connectivity index is 1.69. The minimum absolute atomic E-state index is 0.0000346. The van der Waals surface area contributed by atoms with E-state index in [0.717, 1.165) is 29.7 Å². The highest BCUT2D eigenvalue weighted by Gasteiger charge is 2.29. The van der Waals surface area contributed by atoms with Crippen LogP contribution in [0.1, 0.15) is 34.8 Å². The van der Waals surface area contributed by atoms with Crippen LogP contribution < -0.4 is 10.5 Å². The Morgan fingerprint density at radius 1 is 1.11 bits per heavy atom. The first kappa shape index (κ1) is 18.2. The van der Waals surface area contributed by atoms with Gasteiger partial charge in [-0.1, -0.05) is 30.3 Å². The molecule has 1 atom stereocenters. The number of aromatic nitrogens is 1. The SMILES string of the molecule is C[C@H]1CCc2cc(F)ccc2N1C(=O)c1ccc(=O)n(Cc2ccccc2)c1. The molecule has 0 radical (unpaired) electrons. The van der Waals surface area contributed by atoms with Gasteiger partial charge in [-0.05, 0) is 55.2 Å². The third-order valence-corrected chi connectivity index (χ3v) is 5.22. The molecule has 1 amide bonds. The number of fused-ring (bicyclic) bond motifs is 1. The smallest absolute Gasteiger partial charge is 0.260 e. The molecule has 5 heteroatoms. The monoisotopic (exact) mass is 376 g/mol. The van der Waals surface area contributed by atoms with Crippen molar-refractivity contribution in [2.45, 2.75) is 32.4 Å². The Kier molecular flexibility index (Phi) is 4.82. The Labute approximate surface area is 162 Å². The molecule has 3 aromatic rings. The van der Waals surface area contributed by atoms with E-state index >= 15 is 0 Å². The zero-order valence-electron chi connectivity index (χ0n) is 15.6. The van der Waals surface area contributed by atoms with Gasteiger partial charge in [0.1, 0.15) is 5.82 Å². The van der Waals surface area contributed by atoms with E-state index in [4.69, 9.17) is 0 Å². The van der Waals surface area contributed by atoms with E-state index in [9.17, 15) is 14.0 Å². The van der Waals surface area contributed by atoms with Crippen molar-refractivity contribution in [2.24, 2.45) is 0 Å². The first-order valence-electron chi connectivity index (χ1n) is 9.39. The number of rotatable bonds is 3. The maximum atomic E-state index is 13.6. The number of hydrogen-bond acceptors (Lipinski definition) is 2. The van der Waals surface area contributed by atoms with Gasteiger partial charge < -0.3 is 9.47 Å². The Morgan fingerprint density at radius 2 is 1.89 bits per heavy atom. The van der Waals surface area contributed by atoms with Crippen LogP contribution in [0.25, 0.3) is 0 Å². The number of hydrogen-bond donors (Lipinski definition) is 0. The van der Waals surface area contributed by atoms with Crippen LogP contribution in [0.4, 0.5) is 10.1 Å². The predicted octanol–water partition coefficient (Wildman–Crippen LogP) is 4.02. The van der Waals surface area contributed by atoms with E-state index in [0.29, 0.717) is 12.1 Å². The Bertz CT molecular complexity index is 1080. The van der Waals surface area contributed by atoms with Crippen LogP contribution in [0, 0.1) is 5.82 Å². The van der Waals surface area contributed by atoms with E-state index in [1.807, 2.05) is 37.3 Å². The minimum atomic E-state index is -0.294. The molecule has 0 spiro atoms. The molecule has 2 aromatic carbocycles. The average Bonchev–Trinajstić information content (AvgIpc) is 2.70. The molecule has 0 unspecified atom stereocenters. The van der Waals surface area contributed by atoms with Gasteiger partial charge in [0, 0.05) is 24.0 Å². The molecule has 4 nitrogen and oxygen atoms in total. The van der Waals surface area contributed by atoms with Gasteiger partial charge in [-0.15, -0.1) is 0 Å². The molecule has 1 aliphatic rings. The summed E-state index contributed by atoms with van der Waals surface area (Å²) in [5.74, 6) is -0.473. The zero-order valence-corrected chi connectivity index (χ0v) is 15.6. The van der Waals surface area contributed by atoms with E-state index in [2.05, 4.69) is 0 Å². The lowest BCUT2D eigenvalue weighted by Gasteiger charge is -2.35. The lowest BCUT2D eigenvalue weighted by atomic mass is 9.95. The molecular weight excluding hydrogens is 355 g/mol. The number of amides is 1. The van der Waals surface area contributed by atoms with Gasteiger partial charge in [-0.25, -0.2) is 4.39 Å². The maximum Gasteiger partial charge on any atom is 0.260 e. The summed E-state index contributed by atoms with van der Waals surface area (Å²) in [6.07, 6.45) is 3.12. The summed E-state index contributed by atoms with van der Waals surface area (Å²) in [5.41, 5.74) is 2.85. The molecule has 0 aliphatic carbocycles. The van der Waals surface area contributed by atoms with E-state index < -0.39 is 0 Å². The topological polar surface area (TPSA) is 42.3 Å². The fourth-order valence-corrected chi connectivity index (χ4v) is 3.73. The molecule has 142 valence electrons. The third-order valence-electron chi connectivity index (χ3n) is 5.22. The molecular formula is C23H21FN2O2. The number of aryl methyl sites for hydroxylation is 1. The quantitative estimate of drug-likeness (QED) is 0.693. The van der Waals surface area contributed by atoms with Crippen LogP contribution in [-0.4, -0.2) is 16.5 Å². The van der Waals surface area contributed by atoms with Crippen LogP contribution in [0.5, 0.6) is 0 Å². The number of anilines is 1. The predicted molar refractivity (Wildman–Crippen MR) is 107 cm³/mol. The number of halogens is 1. The second kappa shape index (κ2) is 7.43. The van der Waals surface area contributed by atoms with Crippen molar-refractivity contribution in [1.82, 2.24) is 4.57 Å². The standard InChI is InChI=1S/C23H21FN2O2/c1-16-7-8-18-13-20(24)10-11-21(18)26(16)23(28)19-9-12-22(27)25(15-19)14-17-5-3-2-4-6-17/h2-6,9-13,15-16H,7-8,14H2,1H3/t16-/m0/s1. The van der Waals surface area contributed by atoms with Crippen LogP contribution in [0.2, 0.25) is 0 Å². The van der Waals surface area contributed by atoms with E-state index in [1.54, 1.807) is 27.8 Å². The van der Waals surface area contributed by atoms with Crippen LogP contribution in [0.3, 0.4) is 0 Å². The van der Waals surface area contributed by atoms with Gasteiger partial charge in [0.25, 0.3) is 11.5 Å². The zero-order chi connectivity index (χ0) is 19.7. The number of pyridine rings is 1. The average molecular weight is 376 g/mol. The Morgan fingerprint density at radius 3 is 2.68 bits per heavy atom. The fourth-order valence-electron chi connectivity index (χ4n) is 3.73. The van der Waals surface area contributed by atoms with Crippen LogP contribution in [-0.2, 0) is 13.0 Å². The van der Waals surface area contributed by atoms with Crippen molar-refractivity contribution in [3.8, 4) is 0 Å². The van der Waals surface area contributed by atoms with Gasteiger partial charge in [0.15, 0.2) is 0 Å². The second-order valence-electron chi connectivity index (χ2n) is 7.21. The van der Waals surface area contributed by atoms with Gasteiger partial charge in [-0.3, -0.25) is 9.59 Å². The van der Waals surface area contributed by atoms with Crippen molar-refractivity contribution < 1.29 is 9.18 Å². The molecule has 0 fully saturated rings. The first-order chi connectivity index (χ1) is 13.5. The molecule has 0 saturated heterocycles. The van der Waals surface area contributed by atoms with Crippen molar-refractivity contribution in [2.75, 3.05) is 4.90 Å². The molecule has 0 N–H and O–H groups in total. The van der Waals surface area contributed by atoms with Gasteiger partial charge >= 0.3 is 0 Å². The molecule has 2 heterocycles. The summed E-state index contributed by atoms with van der Waals surface area (Å²) in [6.45, 7) is 2.39. The highest BCUT2D eigenvalue weighted by atomic mass is 19.1. The summed E-state index contributed by atoms with van der Waals surface area (Å²) in [4.78, 5) is 27.3. The number of benzene rings is 2. The summed E-state index contributed by atoms with van der Waals surface area (Å²) in [6, 6.07) is 17.2. The van der Waals surface area contributed by atoms with E-state index in [1.165, 1.54) is 18.2 Å². The molecule has 1 aliphatic heterocycles. The molecule has 0 saturated carbocycles. The van der Waals surface area contributed by atoms with Crippen LogP contribution in [0.15, 0.2) is 71.7 Å². The molecule has 0 bridgehead atoms. The molecule has 4 rings (SSSR count). The summed E-state index contributed by atoms with van der Waals surface area (Å²) in [5, 5.41) is 0. The minimum Gasteiger partial charge on any atom is -0.310 e. The van der Waals surface area contributed by atoms with Gasteiger partial charge in [0.05, 0.1) is 12.1 Å². The maximum absolute atomic E-state index is 13.6. The number of carbonyl (C=O) groups excluding carboxylic acids is 1. The lowest BCUT2D eigenvalue weighted by Crippen LogP contribution is -2.42. The number of carbonyl (C=O) groups is 1. The summed E-state index contributed by atoms with van der Waals surface area (Å²) >= 11 is 0. The van der Waals surface area contributed by atoms with Crippen molar-refractivity contribution in [1.29, 1.82) is 0 Å². The van der Waals surface area contributed by atoms with Gasteiger partial charge in [0.2, 0.25) is 0 Å².